The third-order valence-corrected chi connectivity index (χ3v) is 2.86. The molecule has 5 heteroatoms. The zero-order chi connectivity index (χ0) is 15.3. The summed E-state index contributed by atoms with van der Waals surface area (Å²) in [6, 6.07) is 7.09. The standard InChI is InChI=1S/C15H18O5/c1-10-6-5-7-13(8-10)15(4,20-12(3)17)14(18)9-19-11(2)16/h5-8H,9H2,1-4H3. The van der Waals surface area contributed by atoms with Gasteiger partial charge < -0.3 is 9.47 Å². The van der Waals surface area contributed by atoms with E-state index in [2.05, 4.69) is 0 Å². The molecule has 0 fully saturated rings. The summed E-state index contributed by atoms with van der Waals surface area (Å²) in [7, 11) is 0. The Hall–Kier alpha value is -2.17. The number of carbonyl (C=O) groups is 3. The molecule has 0 aliphatic heterocycles. The van der Waals surface area contributed by atoms with Gasteiger partial charge in [0.15, 0.2) is 12.2 Å². The molecule has 0 saturated heterocycles. The van der Waals surface area contributed by atoms with Crippen LogP contribution < -0.4 is 0 Å². The second-order valence-corrected chi connectivity index (χ2v) is 4.70. The van der Waals surface area contributed by atoms with E-state index < -0.39 is 29.9 Å². The molecule has 0 radical (unpaired) electrons. The number of ether oxygens (including phenoxy) is 2. The molecule has 1 atom stereocenters. The van der Waals surface area contributed by atoms with Crippen molar-refractivity contribution in [2.75, 3.05) is 6.61 Å². The number of esters is 2. The van der Waals surface area contributed by atoms with Crippen LogP contribution in [0.4, 0.5) is 0 Å². The van der Waals surface area contributed by atoms with Crippen molar-refractivity contribution < 1.29 is 23.9 Å². The van der Waals surface area contributed by atoms with E-state index in [9.17, 15) is 14.4 Å². The van der Waals surface area contributed by atoms with Crippen molar-refractivity contribution in [3.8, 4) is 0 Å². The Kier molecular flexibility index (Phi) is 5.02. The van der Waals surface area contributed by atoms with Crippen LogP contribution in [0, 0.1) is 6.92 Å². The molecule has 1 aromatic rings. The maximum absolute atomic E-state index is 12.3. The highest BCUT2D eigenvalue weighted by Gasteiger charge is 2.39. The number of rotatable bonds is 5. The zero-order valence-corrected chi connectivity index (χ0v) is 12.1. The van der Waals surface area contributed by atoms with Crippen LogP contribution in [0.2, 0.25) is 0 Å². The van der Waals surface area contributed by atoms with Crippen LogP contribution in [-0.2, 0) is 29.5 Å². The minimum absolute atomic E-state index is 0.437. The van der Waals surface area contributed by atoms with Gasteiger partial charge in [0.25, 0.3) is 0 Å². The quantitative estimate of drug-likeness (QED) is 0.769. The lowest BCUT2D eigenvalue weighted by molar-refractivity contribution is -0.168. The first-order valence-electron chi connectivity index (χ1n) is 6.19. The Labute approximate surface area is 117 Å². The molecule has 0 aromatic heterocycles. The van der Waals surface area contributed by atoms with Crippen LogP contribution in [0.3, 0.4) is 0 Å². The van der Waals surface area contributed by atoms with Crippen molar-refractivity contribution in [2.24, 2.45) is 0 Å². The summed E-state index contributed by atoms with van der Waals surface area (Å²) in [6.07, 6.45) is 0. The summed E-state index contributed by atoms with van der Waals surface area (Å²) in [6.45, 7) is 5.37. The van der Waals surface area contributed by atoms with Gasteiger partial charge in [0.1, 0.15) is 0 Å². The molecule has 0 heterocycles. The fourth-order valence-corrected chi connectivity index (χ4v) is 1.81. The maximum Gasteiger partial charge on any atom is 0.303 e. The lowest BCUT2D eigenvalue weighted by Gasteiger charge is -2.28. The molecule has 0 aliphatic carbocycles. The van der Waals surface area contributed by atoms with Gasteiger partial charge in [-0.1, -0.05) is 29.8 Å². The summed E-state index contributed by atoms with van der Waals surface area (Å²) in [5, 5.41) is 0. The number of hydrogen-bond donors (Lipinski definition) is 0. The summed E-state index contributed by atoms with van der Waals surface area (Å²) in [5.41, 5.74) is 0.0128. The predicted octanol–water partition coefficient (Wildman–Crippen LogP) is 1.91. The molecule has 1 aromatic carbocycles. The molecule has 0 bridgehead atoms. The van der Waals surface area contributed by atoms with Gasteiger partial charge in [-0.15, -0.1) is 0 Å². The molecule has 0 amide bonds. The van der Waals surface area contributed by atoms with E-state index in [4.69, 9.17) is 9.47 Å². The molecular formula is C15H18O5. The molecule has 1 unspecified atom stereocenters. The van der Waals surface area contributed by atoms with Crippen LogP contribution in [0.1, 0.15) is 31.9 Å². The van der Waals surface area contributed by atoms with Crippen LogP contribution in [-0.4, -0.2) is 24.3 Å². The molecule has 0 N–H and O–H groups in total. The first kappa shape index (κ1) is 15.9. The van der Waals surface area contributed by atoms with E-state index in [1.165, 1.54) is 20.8 Å². The van der Waals surface area contributed by atoms with Crippen molar-refractivity contribution in [3.63, 3.8) is 0 Å². The van der Waals surface area contributed by atoms with Crippen LogP contribution in [0.25, 0.3) is 0 Å². The van der Waals surface area contributed by atoms with Crippen LogP contribution in [0.5, 0.6) is 0 Å². The SMILES string of the molecule is CC(=O)OCC(=O)C(C)(OC(C)=O)c1cccc(C)c1. The lowest BCUT2D eigenvalue weighted by Crippen LogP contribution is -2.40. The van der Waals surface area contributed by atoms with Gasteiger partial charge in [0, 0.05) is 19.4 Å². The molecule has 5 nitrogen and oxygen atoms in total. The number of Topliss-reactive ketones (excluding diaryl/α,β-unsaturated/α-hetero) is 1. The normalized spacial score (nSPS) is 13.2. The molecule has 0 spiro atoms. The molecule has 108 valence electrons. The van der Waals surface area contributed by atoms with E-state index in [-0.39, 0.29) is 0 Å². The number of carbonyl (C=O) groups excluding carboxylic acids is 3. The minimum atomic E-state index is -1.46. The van der Waals surface area contributed by atoms with Gasteiger partial charge in [0.2, 0.25) is 5.78 Å². The lowest BCUT2D eigenvalue weighted by atomic mass is 9.90. The summed E-state index contributed by atoms with van der Waals surface area (Å²) >= 11 is 0. The highest BCUT2D eigenvalue weighted by molar-refractivity contribution is 5.92. The minimum Gasteiger partial charge on any atom is -0.458 e. The molecule has 1 rings (SSSR count). The van der Waals surface area contributed by atoms with Gasteiger partial charge in [-0.2, -0.15) is 0 Å². The summed E-state index contributed by atoms with van der Waals surface area (Å²) in [4.78, 5) is 34.3. The predicted molar refractivity (Wildman–Crippen MR) is 71.9 cm³/mol. The van der Waals surface area contributed by atoms with E-state index in [0.717, 1.165) is 5.56 Å². The van der Waals surface area contributed by atoms with E-state index in [0.29, 0.717) is 5.56 Å². The third-order valence-electron chi connectivity index (χ3n) is 2.86. The molecule has 0 aliphatic rings. The van der Waals surface area contributed by atoms with Crippen molar-refractivity contribution in [1.29, 1.82) is 0 Å². The largest absolute Gasteiger partial charge is 0.458 e. The van der Waals surface area contributed by atoms with E-state index in [1.54, 1.807) is 18.2 Å². The molecule has 20 heavy (non-hydrogen) atoms. The van der Waals surface area contributed by atoms with Gasteiger partial charge in [-0.05, 0) is 13.8 Å². The Morgan fingerprint density at radius 1 is 1.15 bits per heavy atom. The van der Waals surface area contributed by atoms with Gasteiger partial charge in [-0.25, -0.2) is 0 Å². The van der Waals surface area contributed by atoms with Crippen molar-refractivity contribution >= 4 is 17.7 Å². The molecule has 0 saturated carbocycles. The van der Waals surface area contributed by atoms with E-state index in [1.807, 2.05) is 13.0 Å². The van der Waals surface area contributed by atoms with Gasteiger partial charge in [0.05, 0.1) is 0 Å². The number of aryl methyl sites for hydroxylation is 1. The second kappa shape index (κ2) is 6.32. The first-order chi connectivity index (χ1) is 9.25. The fraction of sp³-hybridized carbons (Fsp3) is 0.400. The summed E-state index contributed by atoms with van der Waals surface area (Å²) in [5.74, 6) is -1.63. The Morgan fingerprint density at radius 3 is 2.30 bits per heavy atom. The average molecular weight is 278 g/mol. The summed E-state index contributed by atoms with van der Waals surface area (Å²) < 4.78 is 9.90. The number of hydrogen-bond acceptors (Lipinski definition) is 5. The van der Waals surface area contributed by atoms with Crippen LogP contribution >= 0.6 is 0 Å². The Bertz CT molecular complexity index is 535. The van der Waals surface area contributed by atoms with Crippen molar-refractivity contribution in [1.82, 2.24) is 0 Å². The van der Waals surface area contributed by atoms with Crippen molar-refractivity contribution in [2.45, 2.75) is 33.3 Å². The zero-order valence-electron chi connectivity index (χ0n) is 12.1. The number of benzene rings is 1. The number of ketones is 1. The first-order valence-corrected chi connectivity index (χ1v) is 6.19. The topological polar surface area (TPSA) is 69.7 Å². The maximum atomic E-state index is 12.3. The second-order valence-electron chi connectivity index (χ2n) is 4.70. The highest BCUT2D eigenvalue weighted by Crippen LogP contribution is 2.27. The van der Waals surface area contributed by atoms with Crippen molar-refractivity contribution in [3.05, 3.63) is 35.4 Å². The monoisotopic (exact) mass is 278 g/mol. The Morgan fingerprint density at radius 2 is 1.80 bits per heavy atom. The average Bonchev–Trinajstić information content (AvgIpc) is 2.34. The van der Waals surface area contributed by atoms with Crippen LogP contribution in [0.15, 0.2) is 24.3 Å². The van der Waals surface area contributed by atoms with Gasteiger partial charge in [-0.3, -0.25) is 14.4 Å². The Balaban J connectivity index is 3.11. The molecular weight excluding hydrogens is 260 g/mol. The van der Waals surface area contributed by atoms with E-state index >= 15 is 0 Å². The van der Waals surface area contributed by atoms with Gasteiger partial charge >= 0.3 is 11.9 Å². The third kappa shape index (κ3) is 3.91. The smallest absolute Gasteiger partial charge is 0.303 e. The highest BCUT2D eigenvalue weighted by atomic mass is 16.6. The fourth-order valence-electron chi connectivity index (χ4n) is 1.81.